The van der Waals surface area contributed by atoms with Crippen molar-refractivity contribution in [1.82, 2.24) is 24.8 Å². The minimum Gasteiger partial charge on any atom is -0.313 e. The number of nitrogens with one attached hydrogen (secondary N) is 2. The van der Waals surface area contributed by atoms with Crippen LogP contribution in [0.5, 0.6) is 0 Å². The zero-order valence-corrected chi connectivity index (χ0v) is 17.1. The van der Waals surface area contributed by atoms with Crippen LogP contribution in [-0.2, 0) is 0 Å². The Labute approximate surface area is 179 Å². The van der Waals surface area contributed by atoms with E-state index in [4.69, 9.17) is 0 Å². The third-order valence-electron chi connectivity index (χ3n) is 6.02. The number of nitriles is 1. The second-order valence-corrected chi connectivity index (χ2v) is 8.00. The summed E-state index contributed by atoms with van der Waals surface area (Å²) in [6, 6.07) is 7.62. The lowest BCUT2D eigenvalue weighted by molar-refractivity contribution is 0.515. The molecule has 2 N–H and O–H groups in total. The number of anilines is 2. The molecule has 4 heterocycles. The van der Waals surface area contributed by atoms with E-state index in [0.29, 0.717) is 22.8 Å². The lowest BCUT2D eigenvalue weighted by atomic mass is 10.0. The van der Waals surface area contributed by atoms with Gasteiger partial charge in [0.15, 0.2) is 0 Å². The molecule has 0 unspecified atom stereocenters. The molecule has 0 saturated heterocycles. The third kappa shape index (κ3) is 3.80. The Balaban J connectivity index is 1.48. The summed E-state index contributed by atoms with van der Waals surface area (Å²) in [7, 11) is 0. The van der Waals surface area contributed by atoms with Gasteiger partial charge in [0.1, 0.15) is 23.1 Å². The minimum atomic E-state index is -0.274. The maximum absolute atomic E-state index is 12.9. The topological polar surface area (TPSA) is 109 Å². The normalized spacial score (nSPS) is 16.8. The molecule has 3 aromatic rings. The van der Waals surface area contributed by atoms with Crippen molar-refractivity contribution in [2.24, 2.45) is 0 Å². The molecule has 1 fully saturated rings. The maximum Gasteiger partial charge on any atom is 0.270 e. The van der Waals surface area contributed by atoms with Gasteiger partial charge in [-0.25, -0.2) is 9.97 Å². The molecule has 0 radical (unpaired) electrons. The molecular formula is C23H23N7O. The number of hydrogen-bond acceptors (Lipinski definition) is 7. The Hall–Kier alpha value is -3.57. The van der Waals surface area contributed by atoms with E-state index >= 15 is 0 Å². The van der Waals surface area contributed by atoms with Gasteiger partial charge in [-0.2, -0.15) is 10.2 Å². The van der Waals surface area contributed by atoms with Crippen LogP contribution >= 0.6 is 0 Å². The molecule has 0 atom stereocenters. The molecule has 1 aliphatic heterocycles. The van der Waals surface area contributed by atoms with Gasteiger partial charge in [-0.3, -0.25) is 9.36 Å². The Kier molecular flexibility index (Phi) is 5.18. The van der Waals surface area contributed by atoms with E-state index < -0.39 is 0 Å². The average molecular weight is 413 g/mol. The van der Waals surface area contributed by atoms with Crippen molar-refractivity contribution >= 4 is 28.4 Å². The van der Waals surface area contributed by atoms with Gasteiger partial charge in [0.2, 0.25) is 5.95 Å². The average Bonchev–Trinajstić information content (AvgIpc) is 3.34. The standard InChI is InChI=1S/C23H23N7O/c24-12-17-11-18-14-27-23(29-21(18)30(22(17)31)19-3-1-2-4-19)28-20-6-5-16(13-26-20)15-7-9-25-10-8-15/h5-7,11,13-14,19,25H,1-4,8-10H2,(H,26,27,28,29). The summed E-state index contributed by atoms with van der Waals surface area (Å²) >= 11 is 0. The van der Waals surface area contributed by atoms with Gasteiger partial charge < -0.3 is 10.6 Å². The number of aromatic nitrogens is 4. The first-order valence-corrected chi connectivity index (χ1v) is 10.7. The Morgan fingerprint density at radius 1 is 1.19 bits per heavy atom. The molecule has 0 spiro atoms. The summed E-state index contributed by atoms with van der Waals surface area (Å²) in [6.07, 6.45) is 10.7. The fraction of sp³-hybridized carbons (Fsp3) is 0.348. The summed E-state index contributed by atoms with van der Waals surface area (Å²) < 4.78 is 1.69. The largest absolute Gasteiger partial charge is 0.313 e. The number of rotatable bonds is 4. The van der Waals surface area contributed by atoms with Crippen molar-refractivity contribution in [3.63, 3.8) is 0 Å². The monoisotopic (exact) mass is 413 g/mol. The first kappa shape index (κ1) is 19.4. The highest BCUT2D eigenvalue weighted by Crippen LogP contribution is 2.31. The highest BCUT2D eigenvalue weighted by Gasteiger charge is 2.22. The predicted molar refractivity (Wildman–Crippen MR) is 119 cm³/mol. The quantitative estimate of drug-likeness (QED) is 0.675. The van der Waals surface area contributed by atoms with E-state index in [1.807, 2.05) is 24.4 Å². The summed E-state index contributed by atoms with van der Waals surface area (Å²) in [5.41, 5.74) is 2.83. The van der Waals surface area contributed by atoms with E-state index in [0.717, 1.165) is 50.8 Å². The summed E-state index contributed by atoms with van der Waals surface area (Å²) in [5, 5.41) is 16.5. The predicted octanol–water partition coefficient (Wildman–Crippen LogP) is 3.29. The van der Waals surface area contributed by atoms with Crippen molar-refractivity contribution in [2.45, 2.75) is 38.1 Å². The third-order valence-corrected chi connectivity index (χ3v) is 6.02. The van der Waals surface area contributed by atoms with Crippen LogP contribution in [-0.4, -0.2) is 32.6 Å². The molecule has 8 nitrogen and oxygen atoms in total. The molecule has 0 amide bonds. The number of hydrogen-bond donors (Lipinski definition) is 2. The highest BCUT2D eigenvalue weighted by molar-refractivity contribution is 5.77. The molecule has 156 valence electrons. The van der Waals surface area contributed by atoms with Crippen LogP contribution in [0.2, 0.25) is 0 Å². The lowest BCUT2D eigenvalue weighted by Crippen LogP contribution is -2.26. The zero-order chi connectivity index (χ0) is 21.2. The molecule has 2 aliphatic rings. The van der Waals surface area contributed by atoms with Gasteiger partial charge in [-0.05, 0) is 55.1 Å². The zero-order valence-electron chi connectivity index (χ0n) is 17.1. The molecule has 5 rings (SSSR count). The smallest absolute Gasteiger partial charge is 0.270 e. The highest BCUT2D eigenvalue weighted by atomic mass is 16.1. The molecular weight excluding hydrogens is 390 g/mol. The Morgan fingerprint density at radius 3 is 2.77 bits per heavy atom. The van der Waals surface area contributed by atoms with E-state index in [1.165, 1.54) is 5.57 Å². The fourth-order valence-electron chi connectivity index (χ4n) is 4.42. The van der Waals surface area contributed by atoms with Gasteiger partial charge in [0.05, 0.1) is 0 Å². The van der Waals surface area contributed by atoms with Crippen molar-refractivity contribution in [2.75, 3.05) is 18.4 Å². The summed E-state index contributed by atoms with van der Waals surface area (Å²) in [4.78, 5) is 26.4. The first-order chi connectivity index (χ1) is 15.2. The van der Waals surface area contributed by atoms with Crippen LogP contribution in [0.1, 0.15) is 49.3 Å². The molecule has 8 heteroatoms. The van der Waals surface area contributed by atoms with Gasteiger partial charge in [-0.1, -0.05) is 18.9 Å². The van der Waals surface area contributed by atoms with E-state index in [1.54, 1.807) is 16.8 Å². The second-order valence-electron chi connectivity index (χ2n) is 8.00. The molecule has 1 saturated carbocycles. The van der Waals surface area contributed by atoms with Crippen LogP contribution in [0.25, 0.3) is 16.6 Å². The van der Waals surface area contributed by atoms with Crippen LogP contribution < -0.4 is 16.2 Å². The van der Waals surface area contributed by atoms with Gasteiger partial charge in [0.25, 0.3) is 5.56 Å². The molecule has 0 aromatic carbocycles. The maximum atomic E-state index is 12.9. The molecule has 1 aliphatic carbocycles. The lowest BCUT2D eigenvalue weighted by Gasteiger charge is -2.17. The summed E-state index contributed by atoms with van der Waals surface area (Å²) in [5.74, 6) is 1.02. The fourth-order valence-corrected chi connectivity index (χ4v) is 4.42. The second kappa shape index (κ2) is 8.28. The van der Waals surface area contributed by atoms with Crippen molar-refractivity contribution < 1.29 is 0 Å². The Morgan fingerprint density at radius 2 is 2.06 bits per heavy atom. The van der Waals surface area contributed by atoms with Crippen LogP contribution in [0, 0.1) is 11.3 Å². The van der Waals surface area contributed by atoms with Gasteiger partial charge in [0, 0.05) is 30.4 Å². The van der Waals surface area contributed by atoms with Crippen molar-refractivity contribution in [1.29, 1.82) is 5.26 Å². The Bertz CT molecular complexity index is 1250. The number of nitrogens with zero attached hydrogens (tertiary/aromatic N) is 5. The van der Waals surface area contributed by atoms with Gasteiger partial charge >= 0.3 is 0 Å². The van der Waals surface area contributed by atoms with Crippen LogP contribution in [0.4, 0.5) is 11.8 Å². The molecule has 3 aromatic heterocycles. The number of fused-ring (bicyclic) bond motifs is 1. The minimum absolute atomic E-state index is 0.0710. The van der Waals surface area contributed by atoms with E-state index in [2.05, 4.69) is 31.7 Å². The first-order valence-electron chi connectivity index (χ1n) is 10.7. The van der Waals surface area contributed by atoms with Crippen molar-refractivity contribution in [3.05, 3.63) is 58.1 Å². The molecule has 31 heavy (non-hydrogen) atoms. The van der Waals surface area contributed by atoms with Crippen LogP contribution in [0.3, 0.4) is 0 Å². The van der Waals surface area contributed by atoms with Crippen molar-refractivity contribution in [3.8, 4) is 6.07 Å². The van der Waals surface area contributed by atoms with Gasteiger partial charge in [-0.15, -0.1) is 0 Å². The molecule has 0 bridgehead atoms. The number of pyridine rings is 2. The van der Waals surface area contributed by atoms with E-state index in [-0.39, 0.29) is 17.2 Å². The summed E-state index contributed by atoms with van der Waals surface area (Å²) in [6.45, 7) is 1.86. The van der Waals surface area contributed by atoms with Crippen LogP contribution in [0.15, 0.2) is 41.5 Å². The van der Waals surface area contributed by atoms with E-state index in [9.17, 15) is 10.1 Å². The SMILES string of the molecule is N#Cc1cc2cnc(Nc3ccc(C4=CCNCC4)cn3)nc2n(C2CCCC2)c1=O.